The van der Waals surface area contributed by atoms with Crippen LogP contribution in [0.4, 0.5) is 18.0 Å². The van der Waals surface area contributed by atoms with Crippen LogP contribution in [0.1, 0.15) is 0 Å². The zero-order valence-corrected chi connectivity index (χ0v) is 16.4. The molecule has 154 valence electrons. The predicted octanol–water partition coefficient (Wildman–Crippen LogP) is 3.22. The first-order chi connectivity index (χ1) is 13.8. The highest BCUT2D eigenvalue weighted by atomic mass is 32.2. The van der Waals surface area contributed by atoms with Gasteiger partial charge in [0.2, 0.25) is 0 Å². The lowest BCUT2D eigenvalue weighted by Crippen LogP contribution is -2.31. The summed E-state index contributed by atoms with van der Waals surface area (Å²) in [4.78, 5) is 28.8. The van der Waals surface area contributed by atoms with Crippen molar-refractivity contribution in [2.24, 2.45) is 0 Å². The Bertz CT molecular complexity index is 1070. The summed E-state index contributed by atoms with van der Waals surface area (Å²) in [6.45, 7) is -1.65. The number of thioether (sulfide) groups is 1. The molecule has 7 nitrogen and oxygen atoms in total. The van der Waals surface area contributed by atoms with E-state index in [4.69, 9.17) is 5.84 Å². The summed E-state index contributed by atoms with van der Waals surface area (Å²) in [6.07, 6.45) is -5.76. The van der Waals surface area contributed by atoms with Crippen molar-refractivity contribution >= 4 is 39.4 Å². The maximum atomic E-state index is 12.7. The molecule has 0 atom stereocenters. The number of thiophene rings is 1. The van der Waals surface area contributed by atoms with Gasteiger partial charge in [-0.2, -0.15) is 13.2 Å². The van der Waals surface area contributed by atoms with E-state index in [1.807, 2.05) is 35.7 Å². The third-order valence-electron chi connectivity index (χ3n) is 3.66. The van der Waals surface area contributed by atoms with Crippen molar-refractivity contribution in [3.05, 3.63) is 46.1 Å². The first-order valence-corrected chi connectivity index (χ1v) is 10.1. The number of amides is 1. The number of alkyl halides is 3. The second kappa shape index (κ2) is 8.74. The van der Waals surface area contributed by atoms with Gasteiger partial charge in [0.15, 0.2) is 11.8 Å². The molecule has 0 bridgehead atoms. The van der Waals surface area contributed by atoms with Crippen molar-refractivity contribution < 1.29 is 22.7 Å². The SMILES string of the molecule is Nn1c(SCCNC(=O)OCC(F)(F)F)nc2scc(-c3ccccc3)c2c1=O. The van der Waals surface area contributed by atoms with Crippen LogP contribution in [-0.4, -0.2) is 40.8 Å². The number of carbonyl (C=O) groups is 1. The number of nitrogens with one attached hydrogen (secondary N) is 1. The zero-order valence-electron chi connectivity index (χ0n) is 14.7. The first-order valence-electron chi connectivity index (χ1n) is 8.21. The number of halogens is 3. The summed E-state index contributed by atoms with van der Waals surface area (Å²) in [5.74, 6) is 6.11. The summed E-state index contributed by atoms with van der Waals surface area (Å²) in [5.41, 5.74) is 1.21. The number of nitrogens with two attached hydrogens (primary N) is 1. The minimum absolute atomic E-state index is 0.00890. The quantitative estimate of drug-likeness (QED) is 0.262. The number of hydrogen-bond donors (Lipinski definition) is 2. The lowest BCUT2D eigenvalue weighted by Gasteiger charge is -2.10. The topological polar surface area (TPSA) is 99.2 Å². The van der Waals surface area contributed by atoms with Crippen LogP contribution in [0.25, 0.3) is 21.3 Å². The number of hydrogen-bond acceptors (Lipinski definition) is 7. The average molecular weight is 444 g/mol. The van der Waals surface area contributed by atoms with Gasteiger partial charge in [0.05, 0.1) is 5.39 Å². The molecule has 0 aliphatic heterocycles. The molecule has 2 heterocycles. The first kappa shape index (κ1) is 21.0. The van der Waals surface area contributed by atoms with Gasteiger partial charge in [-0.3, -0.25) is 4.79 Å². The van der Waals surface area contributed by atoms with Crippen LogP contribution < -0.4 is 16.7 Å². The van der Waals surface area contributed by atoms with Gasteiger partial charge in [-0.05, 0) is 5.56 Å². The number of fused-ring (bicyclic) bond motifs is 1. The van der Waals surface area contributed by atoms with Gasteiger partial charge < -0.3 is 15.9 Å². The van der Waals surface area contributed by atoms with E-state index in [9.17, 15) is 22.8 Å². The van der Waals surface area contributed by atoms with Crippen LogP contribution in [0, 0.1) is 0 Å². The average Bonchev–Trinajstić information content (AvgIpc) is 3.11. The maximum Gasteiger partial charge on any atom is 0.422 e. The molecule has 0 fully saturated rings. The van der Waals surface area contributed by atoms with Gasteiger partial charge >= 0.3 is 12.3 Å². The van der Waals surface area contributed by atoms with E-state index in [1.54, 1.807) is 0 Å². The molecule has 3 rings (SSSR count). The highest BCUT2D eigenvalue weighted by molar-refractivity contribution is 7.99. The number of aromatic nitrogens is 2. The second-order valence-electron chi connectivity index (χ2n) is 5.73. The smallest absolute Gasteiger partial charge is 0.422 e. The van der Waals surface area contributed by atoms with Gasteiger partial charge in [-0.1, -0.05) is 42.1 Å². The Morgan fingerprint density at radius 3 is 2.72 bits per heavy atom. The molecule has 0 saturated carbocycles. The molecular weight excluding hydrogens is 429 g/mol. The summed E-state index contributed by atoms with van der Waals surface area (Å²) in [6, 6.07) is 9.37. The third-order valence-corrected chi connectivity index (χ3v) is 5.49. The van der Waals surface area contributed by atoms with Crippen LogP contribution in [0.5, 0.6) is 0 Å². The number of benzene rings is 1. The molecule has 29 heavy (non-hydrogen) atoms. The molecule has 3 aromatic rings. The minimum atomic E-state index is -4.58. The van der Waals surface area contributed by atoms with E-state index >= 15 is 0 Å². The van der Waals surface area contributed by atoms with E-state index in [1.165, 1.54) is 11.3 Å². The molecule has 0 radical (unpaired) electrons. The number of rotatable bonds is 6. The Hall–Kier alpha value is -2.73. The van der Waals surface area contributed by atoms with E-state index in [0.29, 0.717) is 10.2 Å². The van der Waals surface area contributed by atoms with Crippen molar-refractivity contribution in [1.29, 1.82) is 0 Å². The van der Waals surface area contributed by atoms with Crippen LogP contribution in [0.3, 0.4) is 0 Å². The highest BCUT2D eigenvalue weighted by Crippen LogP contribution is 2.31. The fourth-order valence-electron chi connectivity index (χ4n) is 2.41. The Kier molecular flexibility index (Phi) is 6.33. The van der Waals surface area contributed by atoms with Crippen molar-refractivity contribution in [3.63, 3.8) is 0 Å². The van der Waals surface area contributed by atoms with Gasteiger partial charge in [-0.25, -0.2) is 14.5 Å². The number of nitrogens with zero attached hydrogens (tertiary/aromatic N) is 2. The summed E-state index contributed by atoms with van der Waals surface area (Å²) >= 11 is 2.40. The zero-order chi connectivity index (χ0) is 21.0. The van der Waals surface area contributed by atoms with Crippen LogP contribution in [0.15, 0.2) is 45.7 Å². The number of carbonyl (C=O) groups excluding carboxylic acids is 1. The molecule has 3 N–H and O–H groups in total. The molecule has 0 spiro atoms. The lowest BCUT2D eigenvalue weighted by molar-refractivity contribution is -0.160. The normalized spacial score (nSPS) is 11.6. The Labute approximate surface area is 170 Å². The number of ether oxygens (including phenoxy) is 1. The highest BCUT2D eigenvalue weighted by Gasteiger charge is 2.29. The molecule has 12 heteroatoms. The van der Waals surface area contributed by atoms with E-state index < -0.39 is 24.4 Å². The Morgan fingerprint density at radius 2 is 2.03 bits per heavy atom. The standard InChI is InChI=1S/C17H15F3N4O3S2/c18-17(19,20)9-27-16(26)22-6-7-28-15-23-13-12(14(25)24(15)21)11(8-29-13)10-4-2-1-3-5-10/h1-5,8H,6-7,9,21H2,(H,22,26). The molecule has 0 unspecified atom stereocenters. The summed E-state index contributed by atoms with van der Waals surface area (Å²) in [7, 11) is 0. The van der Waals surface area contributed by atoms with E-state index in [2.05, 4.69) is 15.0 Å². The van der Waals surface area contributed by atoms with Gasteiger partial charge in [0, 0.05) is 23.2 Å². The molecule has 1 amide bonds. The van der Waals surface area contributed by atoms with Crippen molar-refractivity contribution in [2.45, 2.75) is 11.3 Å². The molecule has 0 saturated heterocycles. The fourth-order valence-corrected chi connectivity index (χ4v) is 4.17. The number of nitrogen functional groups attached to an aromatic ring is 1. The monoisotopic (exact) mass is 444 g/mol. The largest absolute Gasteiger partial charge is 0.440 e. The van der Waals surface area contributed by atoms with E-state index in [0.717, 1.165) is 27.6 Å². The summed E-state index contributed by atoms with van der Waals surface area (Å²) in [5, 5.41) is 4.67. The molecule has 2 aromatic heterocycles. The van der Waals surface area contributed by atoms with Crippen LogP contribution >= 0.6 is 23.1 Å². The van der Waals surface area contributed by atoms with Crippen LogP contribution in [0.2, 0.25) is 0 Å². The number of alkyl carbamates (subject to hydrolysis) is 1. The molecular formula is C17H15F3N4O3S2. The second-order valence-corrected chi connectivity index (χ2v) is 7.65. The third kappa shape index (κ3) is 5.21. The van der Waals surface area contributed by atoms with Crippen LogP contribution in [-0.2, 0) is 4.74 Å². The fraction of sp³-hybridized carbons (Fsp3) is 0.235. The van der Waals surface area contributed by atoms with Gasteiger partial charge in [-0.15, -0.1) is 11.3 Å². The van der Waals surface area contributed by atoms with Gasteiger partial charge in [0.25, 0.3) is 5.56 Å². The Balaban J connectivity index is 1.66. The predicted molar refractivity (Wildman–Crippen MR) is 106 cm³/mol. The van der Waals surface area contributed by atoms with Crippen molar-refractivity contribution in [2.75, 3.05) is 24.7 Å². The Morgan fingerprint density at radius 1 is 1.31 bits per heavy atom. The minimum Gasteiger partial charge on any atom is -0.440 e. The molecule has 0 aliphatic rings. The van der Waals surface area contributed by atoms with Crippen molar-refractivity contribution in [3.8, 4) is 11.1 Å². The summed E-state index contributed by atoms with van der Waals surface area (Å²) < 4.78 is 40.9. The van der Waals surface area contributed by atoms with Gasteiger partial charge in [0.1, 0.15) is 4.83 Å². The van der Waals surface area contributed by atoms with E-state index in [-0.39, 0.29) is 17.5 Å². The maximum absolute atomic E-state index is 12.7. The molecule has 1 aromatic carbocycles. The van der Waals surface area contributed by atoms with Crippen molar-refractivity contribution in [1.82, 2.24) is 15.0 Å². The lowest BCUT2D eigenvalue weighted by atomic mass is 10.1. The molecule has 0 aliphatic carbocycles.